The van der Waals surface area contributed by atoms with Gasteiger partial charge in [0.1, 0.15) is 5.82 Å². The van der Waals surface area contributed by atoms with E-state index in [-0.39, 0.29) is 0 Å². The molecule has 1 aliphatic rings. The van der Waals surface area contributed by atoms with Crippen LogP contribution in [0.3, 0.4) is 0 Å². The van der Waals surface area contributed by atoms with Crippen LogP contribution in [0.4, 0.5) is 5.82 Å². The molecule has 1 aromatic heterocycles. The minimum absolute atomic E-state index is 0.640. The average molecular weight is 221 g/mol. The van der Waals surface area contributed by atoms with Crippen LogP contribution in [-0.2, 0) is 6.54 Å². The maximum Gasteiger partial charge on any atom is 0.124 e. The summed E-state index contributed by atoms with van der Waals surface area (Å²) in [6.07, 6.45) is 5.91. The van der Waals surface area contributed by atoms with E-state index in [0.717, 1.165) is 12.5 Å². The van der Waals surface area contributed by atoms with Crippen LogP contribution < -0.4 is 5.32 Å². The third-order valence-electron chi connectivity index (χ3n) is 3.45. The number of rotatable bonds is 4. The first-order valence-electron chi connectivity index (χ1n) is 6.45. The van der Waals surface area contributed by atoms with E-state index in [1.54, 1.807) is 0 Å². The van der Waals surface area contributed by atoms with Crippen LogP contribution in [0.5, 0.6) is 0 Å². The summed E-state index contributed by atoms with van der Waals surface area (Å²) in [5.74, 6) is 2.62. The first-order chi connectivity index (χ1) is 7.66. The number of nitrogens with one attached hydrogen (secondary N) is 1. The number of aromatic nitrogens is 2. The van der Waals surface area contributed by atoms with Gasteiger partial charge in [0.25, 0.3) is 0 Å². The van der Waals surface area contributed by atoms with Crippen molar-refractivity contribution in [2.75, 3.05) is 5.32 Å². The summed E-state index contributed by atoms with van der Waals surface area (Å²) in [6, 6.07) is 2.73. The van der Waals surface area contributed by atoms with E-state index in [2.05, 4.69) is 41.9 Å². The molecule has 90 valence electrons. The minimum Gasteiger partial charge on any atom is -0.367 e. The smallest absolute Gasteiger partial charge is 0.124 e. The summed E-state index contributed by atoms with van der Waals surface area (Å²) in [5.41, 5.74) is 0. The van der Waals surface area contributed by atoms with Crippen molar-refractivity contribution in [1.82, 2.24) is 9.78 Å². The highest BCUT2D eigenvalue weighted by Gasteiger charge is 2.23. The Hall–Kier alpha value is -0.990. The monoisotopic (exact) mass is 221 g/mol. The standard InChI is InChI=1S/C13H23N3/c1-10(2)9-16-13(7-8-14-16)15-12-6-4-5-11(12)3/h7-8,10-12,15H,4-6,9H2,1-3H3. The van der Waals surface area contributed by atoms with Crippen LogP contribution in [0, 0.1) is 11.8 Å². The van der Waals surface area contributed by atoms with Gasteiger partial charge < -0.3 is 5.32 Å². The highest BCUT2D eigenvalue weighted by Crippen LogP contribution is 2.27. The number of nitrogens with zero attached hydrogens (tertiary/aromatic N) is 2. The minimum atomic E-state index is 0.640. The van der Waals surface area contributed by atoms with Crippen LogP contribution in [-0.4, -0.2) is 15.8 Å². The molecule has 0 aliphatic heterocycles. The summed E-state index contributed by atoms with van der Waals surface area (Å²) in [7, 11) is 0. The molecule has 16 heavy (non-hydrogen) atoms. The summed E-state index contributed by atoms with van der Waals surface area (Å²) in [5, 5.41) is 8.02. The molecule has 2 unspecified atom stereocenters. The normalized spacial score (nSPS) is 25.2. The zero-order valence-electron chi connectivity index (χ0n) is 10.6. The van der Waals surface area contributed by atoms with E-state index in [1.165, 1.54) is 25.1 Å². The van der Waals surface area contributed by atoms with Gasteiger partial charge in [0.05, 0.1) is 6.20 Å². The number of anilines is 1. The van der Waals surface area contributed by atoms with Gasteiger partial charge in [-0.25, -0.2) is 4.68 Å². The molecule has 1 heterocycles. The molecule has 0 bridgehead atoms. The Labute approximate surface area is 98.2 Å². The molecule has 1 aliphatic carbocycles. The van der Waals surface area contributed by atoms with Crippen molar-refractivity contribution < 1.29 is 0 Å². The summed E-state index contributed by atoms with van der Waals surface area (Å²) >= 11 is 0. The van der Waals surface area contributed by atoms with Gasteiger partial charge in [-0.05, 0) is 24.7 Å². The van der Waals surface area contributed by atoms with Crippen molar-refractivity contribution in [2.24, 2.45) is 11.8 Å². The predicted octanol–water partition coefficient (Wildman–Crippen LogP) is 3.14. The maximum atomic E-state index is 4.38. The molecular formula is C13H23N3. The number of hydrogen-bond acceptors (Lipinski definition) is 2. The van der Waals surface area contributed by atoms with E-state index in [9.17, 15) is 0 Å². The molecular weight excluding hydrogens is 198 g/mol. The van der Waals surface area contributed by atoms with Crippen LogP contribution in [0.2, 0.25) is 0 Å². The van der Waals surface area contributed by atoms with Crippen molar-refractivity contribution >= 4 is 5.82 Å². The Kier molecular flexibility index (Phi) is 3.52. The molecule has 0 amide bonds. The highest BCUT2D eigenvalue weighted by molar-refractivity contribution is 5.35. The second-order valence-corrected chi connectivity index (χ2v) is 5.45. The Balaban J connectivity index is 2.00. The van der Waals surface area contributed by atoms with Gasteiger partial charge in [0.2, 0.25) is 0 Å². The maximum absolute atomic E-state index is 4.38. The molecule has 2 rings (SSSR count). The van der Waals surface area contributed by atoms with Crippen molar-refractivity contribution in [2.45, 2.75) is 52.6 Å². The van der Waals surface area contributed by atoms with Crippen molar-refractivity contribution in [1.29, 1.82) is 0 Å². The second kappa shape index (κ2) is 4.89. The fourth-order valence-corrected chi connectivity index (χ4v) is 2.50. The molecule has 0 spiro atoms. The summed E-state index contributed by atoms with van der Waals surface area (Å²) in [6.45, 7) is 7.79. The lowest BCUT2D eigenvalue weighted by molar-refractivity contribution is 0.479. The SMILES string of the molecule is CC(C)Cn1nccc1NC1CCCC1C. The summed E-state index contributed by atoms with van der Waals surface area (Å²) < 4.78 is 2.09. The van der Waals surface area contributed by atoms with Crippen molar-refractivity contribution in [3.8, 4) is 0 Å². The van der Waals surface area contributed by atoms with Crippen LogP contribution in [0.25, 0.3) is 0 Å². The quantitative estimate of drug-likeness (QED) is 0.846. The lowest BCUT2D eigenvalue weighted by Crippen LogP contribution is -2.24. The van der Waals surface area contributed by atoms with Crippen LogP contribution >= 0.6 is 0 Å². The Bertz CT molecular complexity index is 330. The fourth-order valence-electron chi connectivity index (χ4n) is 2.50. The average Bonchev–Trinajstić information content (AvgIpc) is 2.78. The van der Waals surface area contributed by atoms with E-state index in [1.807, 2.05) is 6.20 Å². The zero-order valence-corrected chi connectivity index (χ0v) is 10.6. The number of hydrogen-bond donors (Lipinski definition) is 1. The third-order valence-corrected chi connectivity index (χ3v) is 3.45. The summed E-state index contributed by atoms with van der Waals surface area (Å²) in [4.78, 5) is 0. The second-order valence-electron chi connectivity index (χ2n) is 5.45. The molecule has 3 nitrogen and oxygen atoms in total. The van der Waals surface area contributed by atoms with Gasteiger partial charge in [-0.2, -0.15) is 5.10 Å². The first-order valence-corrected chi connectivity index (χ1v) is 6.45. The van der Waals surface area contributed by atoms with Gasteiger partial charge in [0.15, 0.2) is 0 Å². The lowest BCUT2D eigenvalue weighted by atomic mass is 10.1. The van der Waals surface area contributed by atoms with Crippen LogP contribution in [0.15, 0.2) is 12.3 Å². The lowest BCUT2D eigenvalue weighted by Gasteiger charge is -2.20. The van der Waals surface area contributed by atoms with E-state index in [0.29, 0.717) is 12.0 Å². The molecule has 1 saturated carbocycles. The Morgan fingerprint density at radius 1 is 1.50 bits per heavy atom. The third kappa shape index (κ3) is 2.57. The molecule has 0 aromatic carbocycles. The predicted molar refractivity (Wildman–Crippen MR) is 67.5 cm³/mol. The molecule has 0 saturated heterocycles. The first kappa shape index (κ1) is 11.5. The highest BCUT2D eigenvalue weighted by atomic mass is 15.3. The van der Waals surface area contributed by atoms with E-state index in [4.69, 9.17) is 0 Å². The Morgan fingerprint density at radius 2 is 2.31 bits per heavy atom. The molecule has 1 N–H and O–H groups in total. The van der Waals surface area contributed by atoms with Gasteiger partial charge in [-0.1, -0.05) is 27.2 Å². The van der Waals surface area contributed by atoms with Crippen molar-refractivity contribution in [3.05, 3.63) is 12.3 Å². The van der Waals surface area contributed by atoms with Gasteiger partial charge in [-0.3, -0.25) is 0 Å². The van der Waals surface area contributed by atoms with Crippen molar-refractivity contribution in [3.63, 3.8) is 0 Å². The molecule has 3 heteroatoms. The molecule has 1 fully saturated rings. The molecule has 2 atom stereocenters. The van der Waals surface area contributed by atoms with Gasteiger partial charge >= 0.3 is 0 Å². The van der Waals surface area contributed by atoms with E-state index < -0.39 is 0 Å². The van der Waals surface area contributed by atoms with Gasteiger partial charge in [-0.15, -0.1) is 0 Å². The topological polar surface area (TPSA) is 29.9 Å². The van der Waals surface area contributed by atoms with E-state index >= 15 is 0 Å². The van der Waals surface area contributed by atoms with Gasteiger partial charge in [0, 0.05) is 18.7 Å². The largest absolute Gasteiger partial charge is 0.367 e. The zero-order chi connectivity index (χ0) is 11.5. The van der Waals surface area contributed by atoms with Crippen LogP contribution in [0.1, 0.15) is 40.0 Å². The fraction of sp³-hybridized carbons (Fsp3) is 0.769. The molecule has 1 aromatic rings. The molecule has 0 radical (unpaired) electrons. The Morgan fingerprint density at radius 3 is 2.94 bits per heavy atom.